The minimum atomic E-state index is -0.562. The number of esters is 2. The summed E-state index contributed by atoms with van der Waals surface area (Å²) in [5.41, 5.74) is 1.60. The van der Waals surface area contributed by atoms with Crippen LogP contribution in [0.5, 0.6) is 0 Å². The number of hydrogen-bond acceptors (Lipinski definition) is 6. The van der Waals surface area contributed by atoms with Gasteiger partial charge in [-0.25, -0.2) is 4.79 Å². The standard InChI is InChI=1S/C19H19NO5S/c1-13-7-3-6-10-16(13)26-12-18(22)25-11-17(21)20-15-9-5-4-8-14(15)19(23)24-2/h3-10H,11-12H2,1-2H3,(H,20,21). The molecule has 0 radical (unpaired) electrons. The summed E-state index contributed by atoms with van der Waals surface area (Å²) in [6, 6.07) is 14.1. The smallest absolute Gasteiger partial charge is 0.339 e. The molecule has 0 saturated carbocycles. The van der Waals surface area contributed by atoms with Crippen molar-refractivity contribution in [3.8, 4) is 0 Å². The molecule has 0 atom stereocenters. The number of ether oxygens (including phenoxy) is 2. The van der Waals surface area contributed by atoms with Crippen molar-refractivity contribution in [2.45, 2.75) is 11.8 Å². The Morgan fingerprint density at radius 2 is 1.73 bits per heavy atom. The number of carbonyl (C=O) groups is 3. The lowest BCUT2D eigenvalue weighted by molar-refractivity contribution is -0.144. The summed E-state index contributed by atoms with van der Waals surface area (Å²) in [6.45, 7) is 1.53. The topological polar surface area (TPSA) is 81.7 Å². The molecule has 1 amide bonds. The molecule has 0 spiro atoms. The van der Waals surface area contributed by atoms with Gasteiger partial charge in [0.05, 0.1) is 24.1 Å². The van der Waals surface area contributed by atoms with Crippen LogP contribution in [0.1, 0.15) is 15.9 Å². The van der Waals surface area contributed by atoms with Gasteiger partial charge < -0.3 is 14.8 Å². The quantitative estimate of drug-likeness (QED) is 0.593. The Labute approximate surface area is 155 Å². The average Bonchev–Trinajstić information content (AvgIpc) is 2.65. The number of benzene rings is 2. The second kappa shape index (κ2) is 9.62. The molecular formula is C19H19NO5S. The Balaban J connectivity index is 1.83. The first-order chi connectivity index (χ1) is 12.5. The largest absolute Gasteiger partial charge is 0.465 e. The maximum Gasteiger partial charge on any atom is 0.339 e. The third kappa shape index (κ3) is 5.63. The first-order valence-electron chi connectivity index (χ1n) is 7.82. The highest BCUT2D eigenvalue weighted by atomic mass is 32.2. The molecule has 6 nitrogen and oxygen atoms in total. The predicted octanol–water partition coefficient (Wildman–Crippen LogP) is 3.06. The normalized spacial score (nSPS) is 10.1. The summed E-state index contributed by atoms with van der Waals surface area (Å²) in [5, 5.41) is 2.54. The number of anilines is 1. The number of aryl methyl sites for hydroxylation is 1. The molecule has 1 N–H and O–H groups in total. The summed E-state index contributed by atoms with van der Waals surface area (Å²) >= 11 is 1.35. The molecule has 0 heterocycles. The van der Waals surface area contributed by atoms with E-state index in [9.17, 15) is 14.4 Å². The van der Waals surface area contributed by atoms with Gasteiger partial charge in [0.25, 0.3) is 5.91 Å². The highest BCUT2D eigenvalue weighted by Crippen LogP contribution is 2.21. The van der Waals surface area contributed by atoms with Gasteiger partial charge in [0.15, 0.2) is 6.61 Å². The number of amides is 1. The number of rotatable bonds is 7. The van der Waals surface area contributed by atoms with Crippen molar-refractivity contribution in [2.75, 3.05) is 24.8 Å². The second-order valence-corrected chi connectivity index (χ2v) is 6.32. The summed E-state index contributed by atoms with van der Waals surface area (Å²) in [5.74, 6) is -1.48. The van der Waals surface area contributed by atoms with Gasteiger partial charge in [-0.2, -0.15) is 0 Å². The van der Waals surface area contributed by atoms with E-state index in [0.29, 0.717) is 5.69 Å². The number of methoxy groups -OCH3 is 1. The lowest BCUT2D eigenvalue weighted by atomic mass is 10.2. The monoisotopic (exact) mass is 373 g/mol. The van der Waals surface area contributed by atoms with Crippen LogP contribution in [0.3, 0.4) is 0 Å². The lowest BCUT2D eigenvalue weighted by Gasteiger charge is -2.10. The highest BCUT2D eigenvalue weighted by Gasteiger charge is 2.14. The van der Waals surface area contributed by atoms with Crippen LogP contribution in [0.2, 0.25) is 0 Å². The zero-order valence-electron chi connectivity index (χ0n) is 14.5. The van der Waals surface area contributed by atoms with Gasteiger partial charge in [0.1, 0.15) is 0 Å². The van der Waals surface area contributed by atoms with Crippen molar-refractivity contribution in [2.24, 2.45) is 0 Å². The average molecular weight is 373 g/mol. The summed E-state index contributed by atoms with van der Waals surface area (Å²) in [4.78, 5) is 36.4. The van der Waals surface area contributed by atoms with Gasteiger partial charge in [-0.3, -0.25) is 9.59 Å². The van der Waals surface area contributed by atoms with E-state index in [1.54, 1.807) is 18.2 Å². The Morgan fingerprint density at radius 3 is 2.46 bits per heavy atom. The van der Waals surface area contributed by atoms with Gasteiger partial charge in [-0.05, 0) is 30.7 Å². The molecule has 0 unspecified atom stereocenters. The number of carbonyl (C=O) groups excluding carboxylic acids is 3. The molecule has 0 aliphatic heterocycles. The van der Waals surface area contributed by atoms with E-state index >= 15 is 0 Å². The van der Waals surface area contributed by atoms with E-state index in [0.717, 1.165) is 10.5 Å². The maximum absolute atomic E-state index is 12.0. The fourth-order valence-corrected chi connectivity index (χ4v) is 2.94. The minimum Gasteiger partial charge on any atom is -0.465 e. The molecule has 0 aliphatic rings. The van der Waals surface area contributed by atoms with E-state index in [1.807, 2.05) is 31.2 Å². The molecule has 0 aliphatic carbocycles. The number of nitrogens with one attached hydrogen (secondary N) is 1. The van der Waals surface area contributed by atoms with Crippen LogP contribution in [0.25, 0.3) is 0 Å². The first-order valence-corrected chi connectivity index (χ1v) is 8.81. The van der Waals surface area contributed by atoms with Gasteiger partial charge in [-0.1, -0.05) is 30.3 Å². The third-order valence-corrected chi connectivity index (χ3v) is 4.56. The molecule has 2 aromatic rings. The predicted molar refractivity (Wildman–Crippen MR) is 99.3 cm³/mol. The lowest BCUT2D eigenvalue weighted by Crippen LogP contribution is -2.22. The minimum absolute atomic E-state index is 0.108. The van der Waals surface area contributed by atoms with Crippen molar-refractivity contribution in [1.82, 2.24) is 0 Å². The van der Waals surface area contributed by atoms with Crippen LogP contribution < -0.4 is 5.32 Å². The molecule has 0 bridgehead atoms. The molecule has 2 rings (SSSR count). The molecule has 0 fully saturated rings. The van der Waals surface area contributed by atoms with Crippen molar-refractivity contribution < 1.29 is 23.9 Å². The number of para-hydroxylation sites is 1. The maximum atomic E-state index is 12.0. The summed E-state index contributed by atoms with van der Waals surface area (Å²) in [6.07, 6.45) is 0. The zero-order chi connectivity index (χ0) is 18.9. The molecular weight excluding hydrogens is 354 g/mol. The summed E-state index contributed by atoms with van der Waals surface area (Å²) in [7, 11) is 1.26. The zero-order valence-corrected chi connectivity index (χ0v) is 15.3. The molecule has 136 valence electrons. The van der Waals surface area contributed by atoms with E-state index in [4.69, 9.17) is 4.74 Å². The Hall–Kier alpha value is -2.80. The Kier molecular flexibility index (Phi) is 7.23. The van der Waals surface area contributed by atoms with Crippen molar-refractivity contribution in [1.29, 1.82) is 0 Å². The first kappa shape index (κ1) is 19.5. The van der Waals surface area contributed by atoms with Crippen LogP contribution in [0, 0.1) is 6.92 Å². The fourth-order valence-electron chi connectivity index (χ4n) is 2.11. The van der Waals surface area contributed by atoms with Gasteiger partial charge >= 0.3 is 11.9 Å². The molecule has 26 heavy (non-hydrogen) atoms. The molecule has 0 aromatic heterocycles. The Morgan fingerprint density at radius 1 is 1.04 bits per heavy atom. The molecule has 7 heteroatoms. The molecule has 2 aromatic carbocycles. The molecule has 0 saturated heterocycles. The number of hydrogen-bond donors (Lipinski definition) is 1. The van der Waals surface area contributed by atoms with E-state index in [1.165, 1.54) is 24.9 Å². The third-order valence-electron chi connectivity index (χ3n) is 3.41. The van der Waals surface area contributed by atoms with Crippen molar-refractivity contribution in [3.63, 3.8) is 0 Å². The van der Waals surface area contributed by atoms with E-state index in [-0.39, 0.29) is 11.3 Å². The van der Waals surface area contributed by atoms with Gasteiger partial charge in [0, 0.05) is 4.90 Å². The van der Waals surface area contributed by atoms with Crippen LogP contribution in [-0.4, -0.2) is 37.3 Å². The van der Waals surface area contributed by atoms with Crippen LogP contribution in [0.4, 0.5) is 5.69 Å². The van der Waals surface area contributed by atoms with Crippen molar-refractivity contribution in [3.05, 3.63) is 59.7 Å². The van der Waals surface area contributed by atoms with Crippen LogP contribution in [0.15, 0.2) is 53.4 Å². The van der Waals surface area contributed by atoms with Gasteiger partial charge in [0.2, 0.25) is 0 Å². The summed E-state index contributed by atoms with van der Waals surface area (Å²) < 4.78 is 9.64. The fraction of sp³-hybridized carbons (Fsp3) is 0.211. The van der Waals surface area contributed by atoms with Crippen molar-refractivity contribution >= 4 is 35.3 Å². The van der Waals surface area contributed by atoms with Gasteiger partial charge in [-0.15, -0.1) is 11.8 Å². The highest BCUT2D eigenvalue weighted by molar-refractivity contribution is 8.00. The Bertz CT molecular complexity index is 806. The number of thioether (sulfide) groups is 1. The van der Waals surface area contributed by atoms with E-state index in [2.05, 4.69) is 10.1 Å². The van der Waals surface area contributed by atoms with E-state index < -0.39 is 24.5 Å². The van der Waals surface area contributed by atoms with Crippen LogP contribution in [-0.2, 0) is 19.1 Å². The van der Waals surface area contributed by atoms with Crippen LogP contribution >= 0.6 is 11.8 Å². The SMILES string of the molecule is COC(=O)c1ccccc1NC(=O)COC(=O)CSc1ccccc1C. The second-order valence-electron chi connectivity index (χ2n) is 5.30.